The van der Waals surface area contributed by atoms with E-state index in [2.05, 4.69) is 23.4 Å². The van der Waals surface area contributed by atoms with Crippen LogP contribution in [-0.2, 0) is 27.1 Å². The molecular weight excluding hydrogens is 310 g/mol. The van der Waals surface area contributed by atoms with Gasteiger partial charge in [-0.25, -0.2) is 4.68 Å². The van der Waals surface area contributed by atoms with Crippen LogP contribution in [-0.4, -0.2) is 19.9 Å². The molecule has 0 saturated heterocycles. The Kier molecular flexibility index (Phi) is 3.37. The van der Waals surface area contributed by atoms with E-state index in [1.807, 2.05) is 23.7 Å². The van der Waals surface area contributed by atoms with Gasteiger partial charge in [-0.15, -0.1) is 0 Å². The van der Waals surface area contributed by atoms with Crippen molar-refractivity contribution in [3.05, 3.63) is 40.6 Å². The van der Waals surface area contributed by atoms with Crippen molar-refractivity contribution in [3.63, 3.8) is 0 Å². The van der Waals surface area contributed by atoms with E-state index in [1.54, 1.807) is 0 Å². The fourth-order valence-corrected chi connectivity index (χ4v) is 4.30. The van der Waals surface area contributed by atoms with Gasteiger partial charge in [0.05, 0.1) is 22.9 Å². The number of amides is 1. The third-order valence-electron chi connectivity index (χ3n) is 4.44. The second-order valence-corrected chi connectivity index (χ2v) is 7.92. The summed E-state index contributed by atoms with van der Waals surface area (Å²) in [6.07, 6.45) is 1.91. The van der Waals surface area contributed by atoms with Gasteiger partial charge in [0.1, 0.15) is 5.82 Å². The molecule has 23 heavy (non-hydrogen) atoms. The van der Waals surface area contributed by atoms with Crippen LogP contribution < -0.4 is 5.32 Å². The van der Waals surface area contributed by atoms with Crippen LogP contribution in [0.25, 0.3) is 5.69 Å². The van der Waals surface area contributed by atoms with Gasteiger partial charge in [-0.2, -0.15) is 5.10 Å². The fraction of sp³-hybridized carbons (Fsp3) is 0.412. The average molecular weight is 329 g/mol. The Morgan fingerprint density at radius 1 is 1.30 bits per heavy atom. The lowest BCUT2D eigenvalue weighted by molar-refractivity contribution is -0.117. The van der Waals surface area contributed by atoms with Gasteiger partial charge in [0, 0.05) is 22.3 Å². The van der Waals surface area contributed by atoms with E-state index in [-0.39, 0.29) is 11.8 Å². The number of hydrogen-bond donors (Lipinski definition) is 1. The summed E-state index contributed by atoms with van der Waals surface area (Å²) in [4.78, 5) is 12.2. The molecule has 0 bridgehead atoms. The van der Waals surface area contributed by atoms with Gasteiger partial charge in [0.2, 0.25) is 5.91 Å². The molecule has 2 heterocycles. The van der Waals surface area contributed by atoms with Crippen molar-refractivity contribution in [3.8, 4) is 5.69 Å². The number of rotatable bonds is 3. The van der Waals surface area contributed by atoms with Crippen LogP contribution in [0.3, 0.4) is 0 Å². The number of benzene rings is 1. The molecule has 1 N–H and O–H groups in total. The monoisotopic (exact) mass is 329 g/mol. The van der Waals surface area contributed by atoms with Gasteiger partial charge in [-0.05, 0) is 38.3 Å². The molecule has 1 aliphatic carbocycles. The highest BCUT2D eigenvalue weighted by molar-refractivity contribution is 7.83. The largest absolute Gasteiger partial charge is 0.310 e. The molecule has 2 aromatic rings. The number of nitrogens with one attached hydrogen (secondary N) is 1. The van der Waals surface area contributed by atoms with E-state index in [1.165, 1.54) is 5.56 Å². The molecule has 1 saturated carbocycles. The molecule has 1 aliphatic heterocycles. The van der Waals surface area contributed by atoms with Crippen LogP contribution in [0.5, 0.6) is 0 Å². The summed E-state index contributed by atoms with van der Waals surface area (Å²) in [6.45, 7) is 4.10. The quantitative estimate of drug-likeness (QED) is 0.941. The van der Waals surface area contributed by atoms with E-state index >= 15 is 0 Å². The van der Waals surface area contributed by atoms with Crippen LogP contribution in [0.2, 0.25) is 0 Å². The highest BCUT2D eigenvalue weighted by Gasteiger charge is 2.33. The van der Waals surface area contributed by atoms with E-state index in [0.717, 1.165) is 35.3 Å². The first kappa shape index (κ1) is 14.6. The normalized spacial score (nSPS) is 19.7. The lowest BCUT2D eigenvalue weighted by Gasteiger charge is -2.13. The molecule has 1 fully saturated rings. The van der Waals surface area contributed by atoms with Gasteiger partial charge in [0.15, 0.2) is 0 Å². The van der Waals surface area contributed by atoms with Crippen molar-refractivity contribution in [1.29, 1.82) is 0 Å². The summed E-state index contributed by atoms with van der Waals surface area (Å²) in [7, 11) is -0.909. The second-order valence-electron chi connectivity index (χ2n) is 6.47. The maximum Gasteiger partial charge on any atom is 0.228 e. The summed E-state index contributed by atoms with van der Waals surface area (Å²) in [5, 5.41) is 7.68. The van der Waals surface area contributed by atoms with Crippen LogP contribution in [0, 0.1) is 19.8 Å². The molecule has 5 nitrogen and oxygen atoms in total. The van der Waals surface area contributed by atoms with Gasteiger partial charge >= 0.3 is 0 Å². The Hall–Kier alpha value is -1.95. The van der Waals surface area contributed by atoms with Crippen molar-refractivity contribution in [2.45, 2.75) is 38.2 Å². The zero-order valence-corrected chi connectivity index (χ0v) is 14.1. The van der Waals surface area contributed by atoms with E-state index in [4.69, 9.17) is 0 Å². The van der Waals surface area contributed by atoms with Crippen LogP contribution in [0.4, 0.5) is 5.82 Å². The van der Waals surface area contributed by atoms with Crippen molar-refractivity contribution in [2.75, 3.05) is 5.32 Å². The second kappa shape index (κ2) is 5.30. The van der Waals surface area contributed by atoms with Gasteiger partial charge in [0.25, 0.3) is 0 Å². The first-order valence-corrected chi connectivity index (χ1v) is 9.36. The Labute approximate surface area is 137 Å². The highest BCUT2D eigenvalue weighted by Crippen LogP contribution is 2.35. The summed E-state index contributed by atoms with van der Waals surface area (Å²) in [6, 6.07) is 6.17. The van der Waals surface area contributed by atoms with E-state index < -0.39 is 10.8 Å². The Morgan fingerprint density at radius 3 is 2.78 bits per heavy atom. The smallest absolute Gasteiger partial charge is 0.228 e. The molecule has 6 heteroatoms. The number of carbonyl (C=O) groups is 1. The minimum absolute atomic E-state index is 0.0522. The number of anilines is 1. The minimum atomic E-state index is -0.909. The zero-order valence-electron chi connectivity index (χ0n) is 13.3. The lowest BCUT2D eigenvalue weighted by atomic mass is 10.1. The minimum Gasteiger partial charge on any atom is -0.310 e. The van der Waals surface area contributed by atoms with Gasteiger partial charge in [-0.3, -0.25) is 9.00 Å². The summed E-state index contributed by atoms with van der Waals surface area (Å²) < 4.78 is 13.7. The van der Waals surface area contributed by atoms with E-state index in [9.17, 15) is 9.00 Å². The van der Waals surface area contributed by atoms with E-state index in [0.29, 0.717) is 17.3 Å². The third-order valence-corrected chi connectivity index (χ3v) is 5.65. The predicted molar refractivity (Wildman–Crippen MR) is 89.9 cm³/mol. The molecule has 1 amide bonds. The summed E-state index contributed by atoms with van der Waals surface area (Å²) in [5.41, 5.74) is 5.03. The molecule has 1 atom stereocenters. The zero-order chi connectivity index (χ0) is 16.1. The topological polar surface area (TPSA) is 64.0 Å². The highest BCUT2D eigenvalue weighted by atomic mass is 32.2. The maximum atomic E-state index is 12.2. The average Bonchev–Trinajstić information content (AvgIpc) is 3.21. The molecular formula is C17H19N3O2S. The molecule has 0 spiro atoms. The molecule has 1 unspecified atom stereocenters. The van der Waals surface area contributed by atoms with Crippen molar-refractivity contribution >= 4 is 22.5 Å². The third kappa shape index (κ3) is 2.61. The van der Waals surface area contributed by atoms with Crippen LogP contribution in [0.1, 0.15) is 35.2 Å². The van der Waals surface area contributed by atoms with Crippen molar-refractivity contribution in [2.24, 2.45) is 5.92 Å². The first-order chi connectivity index (χ1) is 11.0. The summed E-state index contributed by atoms with van der Waals surface area (Å²) >= 11 is 0. The van der Waals surface area contributed by atoms with Crippen LogP contribution >= 0.6 is 0 Å². The number of carbonyl (C=O) groups excluding carboxylic acids is 1. The number of aryl methyl sites for hydroxylation is 2. The van der Waals surface area contributed by atoms with Crippen LogP contribution in [0.15, 0.2) is 18.2 Å². The van der Waals surface area contributed by atoms with Gasteiger partial charge < -0.3 is 5.32 Å². The Balaban J connectivity index is 1.81. The number of hydrogen-bond acceptors (Lipinski definition) is 3. The molecule has 120 valence electrons. The Morgan fingerprint density at radius 2 is 2.09 bits per heavy atom. The predicted octanol–water partition coefficient (Wildman–Crippen LogP) is 2.60. The first-order valence-electron chi connectivity index (χ1n) is 7.87. The number of fused-ring (bicyclic) bond motifs is 1. The van der Waals surface area contributed by atoms with Crippen molar-refractivity contribution < 1.29 is 9.00 Å². The van der Waals surface area contributed by atoms with Crippen molar-refractivity contribution in [1.82, 2.24) is 9.78 Å². The summed E-state index contributed by atoms with van der Waals surface area (Å²) in [5.74, 6) is 1.83. The molecule has 4 rings (SSSR count). The number of nitrogens with zero attached hydrogens (tertiary/aromatic N) is 2. The standard InChI is InChI=1S/C17H19N3O2S/c1-10-3-6-15(11(2)7-10)20-16(18-17(21)12-4-5-12)13-8-23(22)9-14(13)19-20/h3,6-7,12H,4-5,8-9H2,1-2H3,(H,18,21). The maximum absolute atomic E-state index is 12.2. The molecule has 1 aromatic carbocycles. The number of aromatic nitrogens is 2. The molecule has 0 radical (unpaired) electrons. The fourth-order valence-electron chi connectivity index (χ4n) is 3.04. The molecule has 2 aliphatic rings. The SMILES string of the molecule is Cc1ccc(-n2nc3c(c2NC(=O)C2CC2)CS(=O)C3)c(C)c1. The lowest BCUT2D eigenvalue weighted by Crippen LogP contribution is -2.18. The molecule has 1 aromatic heterocycles. The van der Waals surface area contributed by atoms with Gasteiger partial charge in [-0.1, -0.05) is 17.7 Å². The Bertz CT molecular complexity index is 837.